The Balaban J connectivity index is 1.46. The van der Waals surface area contributed by atoms with Gasteiger partial charge in [0.15, 0.2) is 0 Å². The minimum atomic E-state index is -0.338. The molecule has 132 valence electrons. The Labute approximate surface area is 149 Å². The number of ether oxygens (including phenoxy) is 2. The largest absolute Gasteiger partial charge is 0.471 e. The minimum Gasteiger partial charge on any atom is -0.471 e. The second kappa shape index (κ2) is 7.01. The topological polar surface area (TPSA) is 86.5 Å². The number of anilines is 1. The molecule has 1 saturated heterocycles. The summed E-state index contributed by atoms with van der Waals surface area (Å²) in [5, 5.41) is 7.08. The molecule has 1 aliphatic heterocycles. The molecule has 2 aliphatic rings. The van der Waals surface area contributed by atoms with E-state index in [9.17, 15) is 4.79 Å². The lowest BCUT2D eigenvalue weighted by Crippen LogP contribution is -2.17. The van der Waals surface area contributed by atoms with Gasteiger partial charge >= 0.3 is 0 Å². The fraction of sp³-hybridized carbons (Fsp3) is 0.471. The summed E-state index contributed by atoms with van der Waals surface area (Å²) in [6.07, 6.45) is 6.11. The second-order valence-electron chi connectivity index (χ2n) is 6.21. The van der Waals surface area contributed by atoms with Crippen LogP contribution in [0, 0.1) is 0 Å². The molecule has 2 aromatic heterocycles. The molecule has 25 heavy (non-hydrogen) atoms. The van der Waals surface area contributed by atoms with Crippen molar-refractivity contribution in [2.45, 2.75) is 38.2 Å². The number of amides is 1. The standard InChI is InChI=1S/C17H18ClN3O4/c18-13-7-10(8-19-17(13)24-11-5-6-23-9-11)15(22)20-16-12-3-1-2-4-14(12)21-25-16/h7-8,11H,1-6,9H2,(H,20,22)/t11-/m0/s1. The van der Waals surface area contributed by atoms with Gasteiger partial charge < -0.3 is 14.0 Å². The Hall–Kier alpha value is -2.12. The van der Waals surface area contributed by atoms with Crippen molar-refractivity contribution < 1.29 is 18.8 Å². The molecule has 1 fully saturated rings. The van der Waals surface area contributed by atoms with Gasteiger partial charge in [0.25, 0.3) is 5.91 Å². The third-order valence-corrected chi connectivity index (χ3v) is 4.69. The van der Waals surface area contributed by atoms with E-state index < -0.39 is 0 Å². The first-order chi connectivity index (χ1) is 12.2. The van der Waals surface area contributed by atoms with E-state index in [1.807, 2.05) is 0 Å². The van der Waals surface area contributed by atoms with Gasteiger partial charge in [0, 0.05) is 18.2 Å². The third kappa shape index (κ3) is 3.48. The van der Waals surface area contributed by atoms with E-state index in [1.54, 1.807) is 0 Å². The highest BCUT2D eigenvalue weighted by molar-refractivity contribution is 6.32. The van der Waals surface area contributed by atoms with Crippen molar-refractivity contribution in [2.24, 2.45) is 0 Å². The fourth-order valence-corrected chi connectivity index (χ4v) is 3.27. The van der Waals surface area contributed by atoms with Crippen LogP contribution in [0.2, 0.25) is 5.02 Å². The monoisotopic (exact) mass is 363 g/mol. The van der Waals surface area contributed by atoms with Crippen molar-refractivity contribution in [2.75, 3.05) is 18.5 Å². The maximum atomic E-state index is 12.4. The number of hydrogen-bond donors (Lipinski definition) is 1. The number of aromatic nitrogens is 2. The van der Waals surface area contributed by atoms with E-state index in [2.05, 4.69) is 15.5 Å². The molecule has 1 N–H and O–H groups in total. The fourth-order valence-electron chi connectivity index (χ4n) is 3.06. The predicted octanol–water partition coefficient (Wildman–Crippen LogP) is 3.02. The molecule has 1 amide bonds. The average Bonchev–Trinajstić information content (AvgIpc) is 3.27. The summed E-state index contributed by atoms with van der Waals surface area (Å²) in [6.45, 7) is 1.20. The molecular weight excluding hydrogens is 346 g/mol. The Morgan fingerprint density at radius 2 is 2.24 bits per heavy atom. The molecule has 8 heteroatoms. The lowest BCUT2D eigenvalue weighted by molar-refractivity contribution is 0.102. The van der Waals surface area contributed by atoms with Gasteiger partial charge in [-0.2, -0.15) is 0 Å². The summed E-state index contributed by atoms with van der Waals surface area (Å²) in [7, 11) is 0. The number of rotatable bonds is 4. The number of fused-ring (bicyclic) bond motifs is 1. The van der Waals surface area contributed by atoms with E-state index in [-0.39, 0.29) is 12.0 Å². The van der Waals surface area contributed by atoms with E-state index in [0.717, 1.165) is 43.4 Å². The normalized spacial score (nSPS) is 19.5. The highest BCUT2D eigenvalue weighted by Gasteiger charge is 2.23. The van der Waals surface area contributed by atoms with Crippen molar-refractivity contribution in [3.63, 3.8) is 0 Å². The van der Waals surface area contributed by atoms with Crippen molar-refractivity contribution in [1.82, 2.24) is 10.1 Å². The average molecular weight is 364 g/mol. The second-order valence-corrected chi connectivity index (χ2v) is 6.62. The molecule has 0 unspecified atom stereocenters. The SMILES string of the molecule is O=C(Nc1onc2c1CCCC2)c1cnc(O[C@H]2CCOC2)c(Cl)c1. The smallest absolute Gasteiger partial charge is 0.259 e. The van der Waals surface area contributed by atoms with Crippen LogP contribution in [0.15, 0.2) is 16.8 Å². The molecule has 2 aromatic rings. The zero-order chi connectivity index (χ0) is 17.2. The molecule has 4 rings (SSSR count). The van der Waals surface area contributed by atoms with E-state index in [4.69, 9.17) is 25.6 Å². The van der Waals surface area contributed by atoms with Crippen LogP contribution in [0.1, 0.15) is 40.9 Å². The lowest BCUT2D eigenvalue weighted by Gasteiger charge is -2.13. The first-order valence-corrected chi connectivity index (χ1v) is 8.77. The number of halogens is 1. The van der Waals surface area contributed by atoms with Crippen LogP contribution >= 0.6 is 11.6 Å². The van der Waals surface area contributed by atoms with Gasteiger partial charge in [-0.1, -0.05) is 16.8 Å². The molecule has 0 aromatic carbocycles. The van der Waals surface area contributed by atoms with Crippen LogP contribution < -0.4 is 10.1 Å². The summed E-state index contributed by atoms with van der Waals surface area (Å²) in [5.41, 5.74) is 2.25. The van der Waals surface area contributed by atoms with Crippen molar-refractivity contribution >= 4 is 23.4 Å². The van der Waals surface area contributed by atoms with Crippen LogP contribution in [0.5, 0.6) is 5.88 Å². The summed E-state index contributed by atoms with van der Waals surface area (Å²) >= 11 is 6.21. The number of aryl methyl sites for hydroxylation is 1. The third-order valence-electron chi connectivity index (χ3n) is 4.42. The molecular formula is C17H18ClN3O4. The van der Waals surface area contributed by atoms with Crippen LogP contribution in [0.25, 0.3) is 0 Å². The van der Waals surface area contributed by atoms with E-state index in [1.165, 1.54) is 12.3 Å². The van der Waals surface area contributed by atoms with Crippen LogP contribution in [-0.4, -0.2) is 35.4 Å². The Morgan fingerprint density at radius 1 is 1.36 bits per heavy atom. The number of nitrogens with one attached hydrogen (secondary N) is 1. The van der Waals surface area contributed by atoms with Gasteiger partial charge in [-0.25, -0.2) is 4.98 Å². The number of nitrogens with zero attached hydrogens (tertiary/aromatic N) is 2. The zero-order valence-electron chi connectivity index (χ0n) is 13.6. The predicted molar refractivity (Wildman–Crippen MR) is 90.2 cm³/mol. The highest BCUT2D eigenvalue weighted by atomic mass is 35.5. The minimum absolute atomic E-state index is 0.0506. The zero-order valence-corrected chi connectivity index (χ0v) is 14.3. The number of carbonyl (C=O) groups is 1. The maximum Gasteiger partial charge on any atom is 0.259 e. The van der Waals surface area contributed by atoms with Gasteiger partial charge in [-0.3, -0.25) is 10.1 Å². The van der Waals surface area contributed by atoms with Crippen molar-refractivity contribution in [3.8, 4) is 5.88 Å². The van der Waals surface area contributed by atoms with Crippen LogP contribution in [0.3, 0.4) is 0 Å². The van der Waals surface area contributed by atoms with Crippen molar-refractivity contribution in [1.29, 1.82) is 0 Å². The molecule has 0 spiro atoms. The van der Waals surface area contributed by atoms with Gasteiger partial charge in [0.05, 0.1) is 24.5 Å². The molecule has 3 heterocycles. The summed E-state index contributed by atoms with van der Waals surface area (Å²) in [6, 6.07) is 1.54. The summed E-state index contributed by atoms with van der Waals surface area (Å²) in [4.78, 5) is 16.6. The quantitative estimate of drug-likeness (QED) is 0.898. The van der Waals surface area contributed by atoms with E-state index >= 15 is 0 Å². The highest BCUT2D eigenvalue weighted by Crippen LogP contribution is 2.29. The van der Waals surface area contributed by atoms with Gasteiger partial charge in [-0.15, -0.1) is 0 Å². The van der Waals surface area contributed by atoms with Crippen LogP contribution in [0.4, 0.5) is 5.88 Å². The Kier molecular flexibility index (Phi) is 4.59. The summed E-state index contributed by atoms with van der Waals surface area (Å²) in [5.74, 6) is 0.389. The van der Waals surface area contributed by atoms with Gasteiger partial charge in [0.2, 0.25) is 11.8 Å². The first-order valence-electron chi connectivity index (χ1n) is 8.39. The Bertz CT molecular complexity index is 786. The lowest BCUT2D eigenvalue weighted by atomic mass is 9.98. The number of pyridine rings is 1. The molecule has 1 aliphatic carbocycles. The maximum absolute atomic E-state index is 12.4. The van der Waals surface area contributed by atoms with Crippen LogP contribution in [-0.2, 0) is 17.6 Å². The van der Waals surface area contributed by atoms with Crippen molar-refractivity contribution in [3.05, 3.63) is 34.1 Å². The summed E-state index contributed by atoms with van der Waals surface area (Å²) < 4.78 is 16.2. The number of hydrogen-bond acceptors (Lipinski definition) is 6. The Morgan fingerprint density at radius 3 is 3.04 bits per heavy atom. The van der Waals surface area contributed by atoms with Gasteiger partial charge in [-0.05, 0) is 31.7 Å². The molecule has 0 radical (unpaired) electrons. The number of carbonyl (C=O) groups excluding carboxylic acids is 1. The van der Waals surface area contributed by atoms with Gasteiger partial charge in [0.1, 0.15) is 11.1 Å². The molecule has 1 atom stereocenters. The molecule has 0 saturated carbocycles. The van der Waals surface area contributed by atoms with E-state index in [0.29, 0.717) is 35.6 Å². The first kappa shape index (κ1) is 16.4. The molecule has 7 nitrogen and oxygen atoms in total. The molecule has 0 bridgehead atoms.